The fraction of sp³-hybridized carbons (Fsp3) is 0. The Morgan fingerprint density at radius 2 is 1.77 bits per heavy atom. The molecule has 4 nitrogen and oxygen atoms in total. The second-order valence-electron chi connectivity index (χ2n) is 2.57. The molecule has 0 spiro atoms. The first-order valence-corrected chi connectivity index (χ1v) is 3.71. The van der Waals surface area contributed by atoms with E-state index in [1.807, 2.05) is 0 Å². The molecular weight excluding hydrogens is 168 g/mol. The molecule has 1 aliphatic heterocycles. The van der Waals surface area contributed by atoms with Gasteiger partial charge in [-0.1, -0.05) is 18.2 Å². The predicted octanol–water partition coefficient (Wildman–Crippen LogP) is 1.43. The van der Waals surface area contributed by atoms with E-state index in [2.05, 4.69) is 10.2 Å². The number of benzene rings is 1. The van der Waals surface area contributed by atoms with Crippen molar-refractivity contribution in [2.75, 3.05) is 0 Å². The Bertz CT molecular complexity index is 410. The lowest BCUT2D eigenvalue weighted by atomic mass is 10.1. The first-order valence-electron chi connectivity index (χ1n) is 3.71. The molecule has 2 rings (SSSR count). The molecule has 1 amide bonds. The summed E-state index contributed by atoms with van der Waals surface area (Å²) in [5.41, 5.74) is 1.17. The minimum absolute atomic E-state index is 0.543. The number of Topliss-reactive ketones (excluding diaryl/α,β-unsaturated/α-hetero) is 1. The van der Waals surface area contributed by atoms with Crippen LogP contribution in [0.5, 0.6) is 0 Å². The van der Waals surface area contributed by atoms with E-state index in [0.717, 1.165) is 0 Å². The van der Waals surface area contributed by atoms with Gasteiger partial charge >= 0.3 is 5.91 Å². The fourth-order valence-corrected chi connectivity index (χ4v) is 1.05. The van der Waals surface area contributed by atoms with E-state index in [1.165, 1.54) is 6.42 Å². The highest BCUT2D eigenvalue weighted by atomic mass is 16.2. The highest BCUT2D eigenvalue weighted by Crippen LogP contribution is 2.23. The summed E-state index contributed by atoms with van der Waals surface area (Å²) in [5.74, 6) is -1.45. The monoisotopic (exact) mass is 173 g/mol. The molecule has 0 saturated carbocycles. The number of fused-ring (bicyclic) bond motifs is 1. The van der Waals surface area contributed by atoms with Crippen molar-refractivity contribution < 1.29 is 9.59 Å². The van der Waals surface area contributed by atoms with Gasteiger partial charge in [0.2, 0.25) is 5.78 Å². The summed E-state index contributed by atoms with van der Waals surface area (Å²) in [4.78, 5) is 21.9. The molecule has 4 heteroatoms. The van der Waals surface area contributed by atoms with Crippen LogP contribution in [-0.2, 0) is 9.59 Å². The van der Waals surface area contributed by atoms with Gasteiger partial charge in [0.25, 0.3) is 0 Å². The molecule has 1 aromatic carbocycles. The number of azo groups is 1. The Morgan fingerprint density at radius 3 is 2.62 bits per heavy atom. The van der Waals surface area contributed by atoms with E-state index in [-0.39, 0.29) is 0 Å². The molecule has 63 valence electrons. The Kier molecular flexibility index (Phi) is 1.73. The molecule has 0 aromatic heterocycles. The Morgan fingerprint density at radius 1 is 1.00 bits per heavy atom. The first kappa shape index (κ1) is 7.79. The van der Waals surface area contributed by atoms with Crippen molar-refractivity contribution >= 4 is 17.4 Å². The van der Waals surface area contributed by atoms with Crippen LogP contribution in [0.4, 0.5) is 5.69 Å². The van der Waals surface area contributed by atoms with Crippen LogP contribution in [-0.4, -0.2) is 11.7 Å². The van der Waals surface area contributed by atoms with Crippen LogP contribution in [0.3, 0.4) is 0 Å². The molecule has 1 aliphatic rings. The maximum absolute atomic E-state index is 11.0. The molecule has 0 fully saturated rings. The number of amides is 1. The summed E-state index contributed by atoms with van der Waals surface area (Å²) in [6, 6.07) is 6.95. The van der Waals surface area contributed by atoms with E-state index < -0.39 is 11.7 Å². The van der Waals surface area contributed by atoms with Gasteiger partial charge < -0.3 is 0 Å². The van der Waals surface area contributed by atoms with Crippen LogP contribution in [0.15, 0.2) is 34.5 Å². The second-order valence-corrected chi connectivity index (χ2v) is 2.57. The smallest absolute Gasteiger partial charge is 0.288 e. The topological polar surface area (TPSA) is 58.9 Å². The summed E-state index contributed by atoms with van der Waals surface area (Å²) in [6.45, 7) is 0. The molecule has 0 unspecified atom stereocenters. The lowest BCUT2D eigenvalue weighted by Crippen LogP contribution is -2.09. The number of nitrogens with zero attached hydrogens (tertiary/aromatic N) is 2. The van der Waals surface area contributed by atoms with Crippen LogP contribution in [0.25, 0.3) is 0 Å². The molecule has 0 saturated heterocycles. The van der Waals surface area contributed by atoms with Crippen molar-refractivity contribution in [3.63, 3.8) is 0 Å². The van der Waals surface area contributed by atoms with Gasteiger partial charge in [-0.25, -0.2) is 0 Å². The van der Waals surface area contributed by atoms with Gasteiger partial charge in [0.05, 0.1) is 12.1 Å². The third-order valence-electron chi connectivity index (χ3n) is 1.68. The Labute approximate surface area is 74.3 Å². The number of hydrogen-bond donors (Lipinski definition) is 0. The second kappa shape index (κ2) is 2.90. The summed E-state index contributed by atoms with van der Waals surface area (Å²) < 4.78 is 0. The maximum Gasteiger partial charge on any atom is 0.332 e. The van der Waals surface area contributed by atoms with Gasteiger partial charge in [-0.3, -0.25) is 9.59 Å². The van der Waals surface area contributed by atoms with Gasteiger partial charge in [-0.2, -0.15) is 0 Å². The van der Waals surface area contributed by atoms with Gasteiger partial charge in [0.15, 0.2) is 0 Å². The first-order chi connectivity index (χ1) is 6.27. The van der Waals surface area contributed by atoms with Crippen LogP contribution in [0, 0.1) is 6.42 Å². The number of carbonyl (C=O) groups excluding carboxylic acids is 2. The fourth-order valence-electron chi connectivity index (χ4n) is 1.05. The molecule has 1 radical (unpaired) electrons. The van der Waals surface area contributed by atoms with Crippen molar-refractivity contribution in [2.45, 2.75) is 0 Å². The molecule has 1 heterocycles. The molecule has 0 bridgehead atoms. The average molecular weight is 173 g/mol. The van der Waals surface area contributed by atoms with Crippen molar-refractivity contribution in [2.24, 2.45) is 10.2 Å². The van der Waals surface area contributed by atoms with Crippen LogP contribution < -0.4 is 0 Å². The van der Waals surface area contributed by atoms with Crippen molar-refractivity contribution in [3.8, 4) is 0 Å². The summed E-state index contributed by atoms with van der Waals surface area (Å²) in [5, 5.41) is 6.89. The minimum atomic E-state index is -0.823. The summed E-state index contributed by atoms with van der Waals surface area (Å²) in [7, 11) is 0. The van der Waals surface area contributed by atoms with Gasteiger partial charge in [-0.05, 0) is 11.6 Å². The van der Waals surface area contributed by atoms with Crippen LogP contribution in [0.1, 0.15) is 5.56 Å². The quantitative estimate of drug-likeness (QED) is 0.557. The molecule has 1 aromatic rings. The zero-order chi connectivity index (χ0) is 9.26. The van der Waals surface area contributed by atoms with Gasteiger partial charge in [0, 0.05) is 0 Å². The summed E-state index contributed by atoms with van der Waals surface area (Å²) >= 11 is 0. The van der Waals surface area contributed by atoms with E-state index in [9.17, 15) is 9.59 Å². The highest BCUT2D eigenvalue weighted by Gasteiger charge is 2.19. The third kappa shape index (κ3) is 1.38. The number of rotatable bonds is 0. The minimum Gasteiger partial charge on any atom is -0.288 e. The van der Waals surface area contributed by atoms with Crippen molar-refractivity contribution in [3.05, 3.63) is 36.2 Å². The van der Waals surface area contributed by atoms with E-state index in [0.29, 0.717) is 11.3 Å². The Balaban J connectivity index is 2.52. The normalized spacial score (nSPS) is 15.4. The summed E-state index contributed by atoms with van der Waals surface area (Å²) in [6.07, 6.45) is 1.25. The molecule has 13 heavy (non-hydrogen) atoms. The molecule has 0 aliphatic carbocycles. The van der Waals surface area contributed by atoms with Crippen LogP contribution >= 0.6 is 0 Å². The Hall–Kier alpha value is -1.84. The van der Waals surface area contributed by atoms with Crippen LogP contribution in [0.2, 0.25) is 0 Å². The lowest BCUT2D eigenvalue weighted by molar-refractivity contribution is -0.133. The number of hydrogen-bond acceptors (Lipinski definition) is 3. The number of ketones is 1. The molecular formula is C9H5N2O2. The van der Waals surface area contributed by atoms with E-state index in [4.69, 9.17) is 0 Å². The van der Waals surface area contributed by atoms with Gasteiger partial charge in [0.1, 0.15) is 0 Å². The SMILES string of the molecule is O=C1[CH]c2ccccc2N=NC1=O. The zero-order valence-electron chi connectivity index (χ0n) is 6.60. The standard InChI is InChI=1S/C9H5N2O2/c12-8-5-6-3-1-2-4-7(6)10-11-9(8)13/h1-5H. The zero-order valence-corrected chi connectivity index (χ0v) is 6.60. The maximum atomic E-state index is 11.0. The highest BCUT2D eigenvalue weighted by molar-refractivity contribution is 6.41. The van der Waals surface area contributed by atoms with Crippen molar-refractivity contribution in [1.29, 1.82) is 0 Å². The lowest BCUT2D eigenvalue weighted by Gasteiger charge is -1.96. The van der Waals surface area contributed by atoms with Gasteiger partial charge in [-0.15, -0.1) is 10.2 Å². The predicted molar refractivity (Wildman–Crippen MR) is 44.4 cm³/mol. The van der Waals surface area contributed by atoms with E-state index in [1.54, 1.807) is 24.3 Å². The average Bonchev–Trinajstić information content (AvgIpc) is 2.28. The van der Waals surface area contributed by atoms with Crippen molar-refractivity contribution in [1.82, 2.24) is 0 Å². The third-order valence-corrected chi connectivity index (χ3v) is 1.68. The van der Waals surface area contributed by atoms with E-state index >= 15 is 0 Å². The molecule has 0 N–H and O–H groups in total. The largest absolute Gasteiger partial charge is 0.332 e. The number of carbonyl (C=O) groups is 2. The molecule has 0 atom stereocenters.